The Morgan fingerprint density at radius 3 is 2.68 bits per heavy atom. The van der Waals surface area contributed by atoms with Crippen molar-refractivity contribution in [1.82, 2.24) is 19.6 Å². The van der Waals surface area contributed by atoms with Crippen LogP contribution in [0, 0.1) is 25.2 Å². The first kappa shape index (κ1) is 19.6. The molecule has 1 aliphatic carbocycles. The van der Waals surface area contributed by atoms with Crippen LogP contribution in [0.2, 0.25) is 0 Å². The zero-order valence-electron chi connectivity index (χ0n) is 17.5. The minimum Gasteiger partial charge on any atom is -0.392 e. The molecule has 154 valence electrons. The topological polar surface area (TPSA) is 61.6 Å². The first-order valence-corrected chi connectivity index (χ1v) is 10.7. The van der Waals surface area contributed by atoms with Gasteiger partial charge in [-0.1, -0.05) is 12.2 Å². The van der Waals surface area contributed by atoms with Crippen molar-refractivity contribution >= 4 is 5.91 Å². The summed E-state index contributed by atoms with van der Waals surface area (Å²) >= 11 is 0. The summed E-state index contributed by atoms with van der Waals surface area (Å²) in [6.45, 7) is 8.37. The number of piperidine rings is 2. The summed E-state index contributed by atoms with van der Waals surface area (Å²) in [5, 5.41) is 15.5. The van der Waals surface area contributed by atoms with Crippen LogP contribution in [0.3, 0.4) is 0 Å². The first-order valence-electron chi connectivity index (χ1n) is 10.7. The number of aromatic nitrogens is 2. The van der Waals surface area contributed by atoms with E-state index in [9.17, 15) is 9.90 Å². The fourth-order valence-corrected chi connectivity index (χ4v) is 5.47. The van der Waals surface area contributed by atoms with E-state index < -0.39 is 0 Å². The lowest BCUT2D eigenvalue weighted by atomic mass is 9.71. The molecule has 1 spiro atoms. The molecule has 0 aromatic carbocycles. The van der Waals surface area contributed by atoms with E-state index >= 15 is 0 Å². The van der Waals surface area contributed by atoms with Crippen LogP contribution < -0.4 is 0 Å². The Morgan fingerprint density at radius 2 is 2.00 bits per heavy atom. The lowest BCUT2D eigenvalue weighted by Gasteiger charge is -2.51. The van der Waals surface area contributed by atoms with Crippen molar-refractivity contribution in [3.63, 3.8) is 0 Å². The van der Waals surface area contributed by atoms with Crippen LogP contribution in [0.1, 0.15) is 49.1 Å². The summed E-state index contributed by atoms with van der Waals surface area (Å²) in [5.74, 6) is 0.403. The van der Waals surface area contributed by atoms with Crippen molar-refractivity contribution in [2.24, 2.45) is 18.4 Å². The van der Waals surface area contributed by atoms with Crippen LogP contribution in [-0.2, 0) is 18.4 Å². The zero-order valence-corrected chi connectivity index (χ0v) is 17.5. The number of likely N-dealkylation sites (tertiary alicyclic amines) is 2. The molecule has 2 saturated heterocycles. The monoisotopic (exact) mass is 386 g/mol. The Labute approximate surface area is 168 Å². The highest BCUT2D eigenvalue weighted by molar-refractivity contribution is 5.79. The molecule has 1 aromatic rings. The van der Waals surface area contributed by atoms with Gasteiger partial charge in [0.1, 0.15) is 0 Å². The maximum atomic E-state index is 13.0. The van der Waals surface area contributed by atoms with Crippen LogP contribution >= 0.6 is 0 Å². The molecule has 0 bridgehead atoms. The lowest BCUT2D eigenvalue weighted by Crippen LogP contribution is -2.60. The van der Waals surface area contributed by atoms with E-state index in [4.69, 9.17) is 0 Å². The van der Waals surface area contributed by atoms with E-state index in [0.717, 1.165) is 64.0 Å². The van der Waals surface area contributed by atoms with E-state index in [1.165, 1.54) is 11.3 Å². The predicted octanol–water partition coefficient (Wildman–Crippen LogP) is 2.18. The Bertz CT molecular complexity index is 763. The summed E-state index contributed by atoms with van der Waals surface area (Å²) in [7, 11) is 2.00. The number of aliphatic hydroxyl groups excluding tert-OH is 1. The van der Waals surface area contributed by atoms with Gasteiger partial charge in [-0.05, 0) is 46.0 Å². The number of amides is 1. The van der Waals surface area contributed by atoms with Gasteiger partial charge in [0.15, 0.2) is 0 Å². The molecular formula is C22H34N4O2. The highest BCUT2D eigenvalue weighted by atomic mass is 16.3. The van der Waals surface area contributed by atoms with E-state index in [1.54, 1.807) is 0 Å². The second kappa shape index (κ2) is 7.64. The average molecular weight is 387 g/mol. The largest absolute Gasteiger partial charge is 0.392 e. The van der Waals surface area contributed by atoms with E-state index in [-0.39, 0.29) is 23.3 Å². The molecule has 1 amide bonds. The van der Waals surface area contributed by atoms with Crippen molar-refractivity contribution in [2.45, 2.75) is 58.6 Å². The molecule has 0 unspecified atom stereocenters. The number of aliphatic hydroxyl groups is 1. The first-order chi connectivity index (χ1) is 13.4. The maximum absolute atomic E-state index is 13.0. The molecule has 6 nitrogen and oxygen atoms in total. The Hall–Kier alpha value is -1.66. The predicted molar refractivity (Wildman–Crippen MR) is 109 cm³/mol. The molecule has 1 aromatic heterocycles. The molecule has 2 fully saturated rings. The third-order valence-electron chi connectivity index (χ3n) is 7.28. The summed E-state index contributed by atoms with van der Waals surface area (Å²) < 4.78 is 1.95. The summed E-state index contributed by atoms with van der Waals surface area (Å²) in [6.07, 6.45) is 8.44. The minimum absolute atomic E-state index is 0.118. The molecule has 3 heterocycles. The standard InChI is InChI=1S/C22H34N4O2/c1-16-19(17(2)24(3)23-16)13-25-12-9-20(27)22(14-25)10-6-11-26(15-22)21(28)18-7-4-5-8-18/h4-5,18,20,27H,6-15H2,1-3H3/t20-,22-/m1/s1. The van der Waals surface area contributed by atoms with Crippen molar-refractivity contribution in [1.29, 1.82) is 0 Å². The molecule has 0 saturated carbocycles. The molecule has 2 atom stereocenters. The van der Waals surface area contributed by atoms with E-state index in [1.807, 2.05) is 11.7 Å². The fourth-order valence-electron chi connectivity index (χ4n) is 5.47. The van der Waals surface area contributed by atoms with Gasteiger partial charge in [0.25, 0.3) is 0 Å². The Kier molecular flexibility index (Phi) is 5.36. The van der Waals surface area contributed by atoms with Gasteiger partial charge < -0.3 is 10.0 Å². The Balaban J connectivity index is 1.48. The van der Waals surface area contributed by atoms with Gasteiger partial charge in [-0.3, -0.25) is 14.4 Å². The highest BCUT2D eigenvalue weighted by Gasteiger charge is 2.47. The van der Waals surface area contributed by atoms with Crippen molar-refractivity contribution < 1.29 is 9.90 Å². The van der Waals surface area contributed by atoms with Gasteiger partial charge in [0, 0.05) is 62.4 Å². The van der Waals surface area contributed by atoms with Gasteiger partial charge in [0.05, 0.1) is 11.8 Å². The van der Waals surface area contributed by atoms with Gasteiger partial charge in [0.2, 0.25) is 5.91 Å². The number of carbonyl (C=O) groups is 1. The number of aryl methyl sites for hydroxylation is 2. The zero-order chi connectivity index (χ0) is 19.9. The molecule has 6 heteroatoms. The van der Waals surface area contributed by atoms with Crippen molar-refractivity contribution in [3.05, 3.63) is 29.1 Å². The van der Waals surface area contributed by atoms with Gasteiger partial charge in [-0.25, -0.2) is 0 Å². The number of rotatable bonds is 3. The molecule has 3 aliphatic rings. The van der Waals surface area contributed by atoms with Crippen molar-refractivity contribution in [3.8, 4) is 0 Å². The van der Waals surface area contributed by atoms with Crippen LogP contribution in [0.4, 0.5) is 0 Å². The fraction of sp³-hybridized carbons (Fsp3) is 0.727. The van der Waals surface area contributed by atoms with E-state index in [0.29, 0.717) is 6.54 Å². The molecular weight excluding hydrogens is 352 g/mol. The summed E-state index contributed by atoms with van der Waals surface area (Å²) in [5.41, 5.74) is 3.42. The van der Waals surface area contributed by atoms with Crippen LogP contribution in [0.5, 0.6) is 0 Å². The molecule has 2 aliphatic heterocycles. The number of nitrogens with zero attached hydrogens (tertiary/aromatic N) is 4. The molecule has 0 radical (unpaired) electrons. The van der Waals surface area contributed by atoms with Crippen LogP contribution in [0.25, 0.3) is 0 Å². The number of allylic oxidation sites excluding steroid dienone is 2. The maximum Gasteiger partial charge on any atom is 0.226 e. The number of carbonyl (C=O) groups excluding carboxylic acids is 1. The summed E-state index contributed by atoms with van der Waals surface area (Å²) in [6, 6.07) is 0. The quantitative estimate of drug-likeness (QED) is 0.809. The smallest absolute Gasteiger partial charge is 0.226 e. The van der Waals surface area contributed by atoms with Gasteiger partial charge in [-0.15, -0.1) is 0 Å². The number of hydrogen-bond acceptors (Lipinski definition) is 4. The molecule has 4 rings (SSSR count). The summed E-state index contributed by atoms with van der Waals surface area (Å²) in [4.78, 5) is 17.5. The third kappa shape index (κ3) is 3.52. The third-order valence-corrected chi connectivity index (χ3v) is 7.28. The van der Waals surface area contributed by atoms with Crippen LogP contribution in [0.15, 0.2) is 12.2 Å². The Morgan fingerprint density at radius 1 is 1.25 bits per heavy atom. The second-order valence-electron chi connectivity index (χ2n) is 9.15. The minimum atomic E-state index is -0.322. The van der Waals surface area contributed by atoms with Crippen LogP contribution in [-0.4, -0.2) is 62.9 Å². The van der Waals surface area contributed by atoms with Gasteiger partial charge in [-0.2, -0.15) is 5.10 Å². The average Bonchev–Trinajstić information content (AvgIpc) is 3.29. The molecule has 1 N–H and O–H groups in total. The number of hydrogen-bond donors (Lipinski definition) is 1. The lowest BCUT2D eigenvalue weighted by molar-refractivity contribution is -0.145. The highest BCUT2D eigenvalue weighted by Crippen LogP contribution is 2.40. The normalized spacial score (nSPS) is 29.1. The molecule has 28 heavy (non-hydrogen) atoms. The van der Waals surface area contributed by atoms with E-state index in [2.05, 4.69) is 40.9 Å². The second-order valence-corrected chi connectivity index (χ2v) is 9.15. The van der Waals surface area contributed by atoms with Crippen molar-refractivity contribution in [2.75, 3.05) is 26.2 Å². The van der Waals surface area contributed by atoms with Gasteiger partial charge >= 0.3 is 0 Å². The SMILES string of the molecule is Cc1nn(C)c(C)c1CN1CC[C@@H](O)[C@]2(CCCN(C(=O)C3CC=CC3)C2)C1.